The van der Waals surface area contributed by atoms with Gasteiger partial charge in [0, 0.05) is 18.2 Å². The van der Waals surface area contributed by atoms with E-state index in [1.54, 1.807) is 18.2 Å². The molecule has 0 atom stereocenters. The van der Waals surface area contributed by atoms with E-state index in [-0.39, 0.29) is 17.9 Å². The molecule has 0 aliphatic carbocycles. The van der Waals surface area contributed by atoms with E-state index in [0.717, 1.165) is 0 Å². The summed E-state index contributed by atoms with van der Waals surface area (Å²) in [5.74, 6) is 0.0536. The van der Waals surface area contributed by atoms with Crippen molar-refractivity contribution in [2.24, 2.45) is 0 Å². The lowest BCUT2D eigenvalue weighted by molar-refractivity contribution is 0.406. The summed E-state index contributed by atoms with van der Waals surface area (Å²) in [7, 11) is 1.51. The summed E-state index contributed by atoms with van der Waals surface area (Å²) < 4.78 is 18.4. The molecule has 2 aromatic rings. The maximum Gasteiger partial charge on any atom is 0.143 e. The Hall–Kier alpha value is -2.74. The zero-order chi connectivity index (χ0) is 14.5. The van der Waals surface area contributed by atoms with Crippen LogP contribution >= 0.6 is 0 Å². The molecule has 0 unspecified atom stereocenters. The van der Waals surface area contributed by atoms with Crippen LogP contribution in [0.25, 0.3) is 0 Å². The minimum atomic E-state index is -0.573. The van der Waals surface area contributed by atoms with Crippen molar-refractivity contribution in [1.82, 2.24) is 0 Å². The third kappa shape index (κ3) is 2.81. The molecule has 0 amide bonds. The van der Waals surface area contributed by atoms with Gasteiger partial charge in [0.1, 0.15) is 28.9 Å². The van der Waals surface area contributed by atoms with E-state index in [0.29, 0.717) is 17.0 Å². The number of ether oxygens (including phenoxy) is 1. The highest BCUT2D eigenvalue weighted by Crippen LogP contribution is 2.25. The van der Waals surface area contributed by atoms with Gasteiger partial charge in [-0.2, -0.15) is 5.26 Å². The van der Waals surface area contributed by atoms with Crippen molar-refractivity contribution >= 4 is 5.69 Å². The first-order valence-electron chi connectivity index (χ1n) is 5.94. The Morgan fingerprint density at radius 1 is 1.35 bits per heavy atom. The average molecular weight is 272 g/mol. The van der Waals surface area contributed by atoms with Gasteiger partial charge in [0.15, 0.2) is 0 Å². The number of hydrogen-bond donors (Lipinski definition) is 2. The van der Waals surface area contributed by atoms with E-state index in [9.17, 15) is 9.50 Å². The Morgan fingerprint density at radius 2 is 2.15 bits per heavy atom. The summed E-state index contributed by atoms with van der Waals surface area (Å²) in [4.78, 5) is 0. The lowest BCUT2D eigenvalue weighted by Gasteiger charge is -2.10. The average Bonchev–Trinajstić information content (AvgIpc) is 2.46. The number of anilines is 1. The number of hydrogen-bond acceptors (Lipinski definition) is 4. The molecule has 0 heterocycles. The van der Waals surface area contributed by atoms with Crippen LogP contribution in [0.15, 0.2) is 36.4 Å². The summed E-state index contributed by atoms with van der Waals surface area (Å²) >= 11 is 0. The van der Waals surface area contributed by atoms with Crippen molar-refractivity contribution in [3.8, 4) is 17.6 Å². The Bertz CT molecular complexity index is 665. The van der Waals surface area contributed by atoms with Gasteiger partial charge in [-0.05, 0) is 24.3 Å². The first kappa shape index (κ1) is 13.7. The van der Waals surface area contributed by atoms with Crippen LogP contribution in [0.4, 0.5) is 10.1 Å². The number of aromatic hydroxyl groups is 1. The molecule has 0 aromatic heterocycles. The first-order valence-corrected chi connectivity index (χ1v) is 5.94. The van der Waals surface area contributed by atoms with Crippen LogP contribution in [-0.2, 0) is 6.54 Å². The zero-order valence-electron chi connectivity index (χ0n) is 10.9. The molecule has 0 radical (unpaired) electrons. The second kappa shape index (κ2) is 5.93. The predicted octanol–water partition coefficient (Wildman–Crippen LogP) is 3.02. The van der Waals surface area contributed by atoms with Crippen molar-refractivity contribution in [3.05, 3.63) is 53.3 Å². The summed E-state index contributed by atoms with van der Waals surface area (Å²) in [5.41, 5.74) is 0.974. The third-order valence-electron chi connectivity index (χ3n) is 2.89. The molecule has 0 spiro atoms. The van der Waals surface area contributed by atoms with Gasteiger partial charge in [-0.15, -0.1) is 0 Å². The number of nitrogens with zero attached hydrogens (tertiary/aromatic N) is 1. The second-order valence-corrected chi connectivity index (χ2v) is 4.12. The molecule has 102 valence electrons. The number of nitriles is 1. The number of nitrogens with one attached hydrogen (secondary N) is 1. The molecule has 4 nitrogen and oxygen atoms in total. The second-order valence-electron chi connectivity index (χ2n) is 4.12. The molecule has 2 aromatic carbocycles. The molecule has 0 saturated heterocycles. The topological polar surface area (TPSA) is 65.3 Å². The Kier molecular flexibility index (Phi) is 4.06. The maximum absolute atomic E-state index is 13.4. The fourth-order valence-corrected chi connectivity index (χ4v) is 1.80. The minimum Gasteiger partial charge on any atom is -0.507 e. The van der Waals surface area contributed by atoms with Gasteiger partial charge in [-0.25, -0.2) is 4.39 Å². The van der Waals surface area contributed by atoms with Crippen LogP contribution in [0.5, 0.6) is 11.5 Å². The van der Waals surface area contributed by atoms with E-state index in [1.807, 2.05) is 6.07 Å². The number of phenolic OH excluding ortho intramolecular Hbond substituents is 1. The molecule has 2 rings (SSSR count). The molecular weight excluding hydrogens is 259 g/mol. The fourth-order valence-electron chi connectivity index (χ4n) is 1.80. The van der Waals surface area contributed by atoms with Gasteiger partial charge in [0.25, 0.3) is 0 Å². The fraction of sp³-hybridized carbons (Fsp3) is 0.133. The molecule has 20 heavy (non-hydrogen) atoms. The van der Waals surface area contributed by atoms with Gasteiger partial charge in [0.2, 0.25) is 0 Å². The van der Waals surface area contributed by atoms with E-state index < -0.39 is 5.82 Å². The molecule has 0 fully saturated rings. The third-order valence-corrected chi connectivity index (χ3v) is 2.89. The number of methoxy groups -OCH3 is 1. The summed E-state index contributed by atoms with van der Waals surface area (Å²) in [6.45, 7) is 0.272. The van der Waals surface area contributed by atoms with Crippen LogP contribution in [-0.4, -0.2) is 12.2 Å². The summed E-state index contributed by atoms with van der Waals surface area (Å²) in [6, 6.07) is 11.1. The van der Waals surface area contributed by atoms with Crippen LogP contribution in [0.1, 0.15) is 11.1 Å². The van der Waals surface area contributed by atoms with Gasteiger partial charge >= 0.3 is 0 Å². The molecule has 0 aliphatic heterocycles. The van der Waals surface area contributed by atoms with E-state index >= 15 is 0 Å². The molecule has 0 bridgehead atoms. The predicted molar refractivity (Wildman–Crippen MR) is 73.1 cm³/mol. The van der Waals surface area contributed by atoms with Gasteiger partial charge in [0.05, 0.1) is 12.8 Å². The van der Waals surface area contributed by atoms with Crippen molar-refractivity contribution in [2.45, 2.75) is 6.54 Å². The monoisotopic (exact) mass is 272 g/mol. The minimum absolute atomic E-state index is 0.0412. The van der Waals surface area contributed by atoms with Crippen LogP contribution in [0.2, 0.25) is 0 Å². The first-order chi connectivity index (χ1) is 9.65. The van der Waals surface area contributed by atoms with Crippen LogP contribution in [0, 0.1) is 17.1 Å². The Morgan fingerprint density at radius 3 is 2.80 bits per heavy atom. The highest BCUT2D eigenvalue weighted by Gasteiger charge is 2.08. The zero-order valence-corrected chi connectivity index (χ0v) is 10.9. The van der Waals surface area contributed by atoms with Crippen LogP contribution in [0.3, 0.4) is 0 Å². The van der Waals surface area contributed by atoms with Crippen molar-refractivity contribution in [2.75, 3.05) is 12.4 Å². The molecule has 2 N–H and O–H groups in total. The Labute approximate surface area is 116 Å². The van der Waals surface area contributed by atoms with Crippen molar-refractivity contribution < 1.29 is 14.2 Å². The number of benzene rings is 2. The van der Waals surface area contributed by atoms with E-state index in [4.69, 9.17) is 10.00 Å². The highest BCUT2D eigenvalue weighted by atomic mass is 19.1. The smallest absolute Gasteiger partial charge is 0.143 e. The van der Waals surface area contributed by atoms with Gasteiger partial charge in [-0.1, -0.05) is 6.07 Å². The maximum atomic E-state index is 13.4. The normalized spacial score (nSPS) is 9.85. The summed E-state index contributed by atoms with van der Waals surface area (Å²) in [5, 5.41) is 21.7. The standard InChI is InChI=1S/C15H13FN2O2/c1-20-11-6-5-10(15(19)7-11)9-18-14-4-2-3-13(16)12(14)8-17/h2-7,18-19H,9H2,1H3. The largest absolute Gasteiger partial charge is 0.507 e. The molecular formula is C15H13FN2O2. The molecule has 5 heteroatoms. The number of halogens is 1. The van der Waals surface area contributed by atoms with Gasteiger partial charge in [-0.3, -0.25) is 0 Å². The molecule has 0 saturated carbocycles. The van der Waals surface area contributed by atoms with Crippen LogP contribution < -0.4 is 10.1 Å². The number of rotatable bonds is 4. The lowest BCUT2D eigenvalue weighted by atomic mass is 10.1. The van der Waals surface area contributed by atoms with E-state index in [1.165, 1.54) is 25.3 Å². The van der Waals surface area contributed by atoms with Gasteiger partial charge < -0.3 is 15.2 Å². The molecule has 0 aliphatic rings. The van der Waals surface area contributed by atoms with E-state index in [2.05, 4.69) is 5.32 Å². The lowest BCUT2D eigenvalue weighted by Crippen LogP contribution is -2.03. The van der Waals surface area contributed by atoms with Crippen molar-refractivity contribution in [3.63, 3.8) is 0 Å². The number of phenols is 1. The SMILES string of the molecule is COc1ccc(CNc2cccc(F)c2C#N)c(O)c1. The quantitative estimate of drug-likeness (QED) is 0.898. The summed E-state index contributed by atoms with van der Waals surface area (Å²) in [6.07, 6.45) is 0. The highest BCUT2D eigenvalue weighted by molar-refractivity contribution is 5.58. The van der Waals surface area contributed by atoms with Crippen molar-refractivity contribution in [1.29, 1.82) is 5.26 Å². The Balaban J connectivity index is 2.18.